The molecule has 1 atom stereocenters. The summed E-state index contributed by atoms with van der Waals surface area (Å²) >= 11 is 0. The van der Waals surface area contributed by atoms with Gasteiger partial charge in [-0.15, -0.1) is 0 Å². The highest BCUT2D eigenvalue weighted by atomic mass is 19.1. The highest BCUT2D eigenvalue weighted by Crippen LogP contribution is 2.13. The van der Waals surface area contributed by atoms with Gasteiger partial charge in [0, 0.05) is 17.8 Å². The first-order chi connectivity index (χ1) is 12.1. The highest BCUT2D eigenvalue weighted by molar-refractivity contribution is 5.97. The van der Waals surface area contributed by atoms with Gasteiger partial charge in [-0.05, 0) is 61.3 Å². The quantitative estimate of drug-likeness (QED) is 0.782. The molecular formula is C19H20FN3O2. The van der Waals surface area contributed by atoms with Crippen LogP contribution >= 0.6 is 0 Å². The summed E-state index contributed by atoms with van der Waals surface area (Å²) < 4.78 is 12.9. The van der Waals surface area contributed by atoms with Crippen molar-refractivity contribution >= 4 is 17.5 Å². The molecule has 1 heterocycles. The van der Waals surface area contributed by atoms with Gasteiger partial charge in [-0.3, -0.25) is 9.59 Å². The van der Waals surface area contributed by atoms with E-state index in [9.17, 15) is 14.0 Å². The van der Waals surface area contributed by atoms with Crippen molar-refractivity contribution < 1.29 is 14.0 Å². The van der Waals surface area contributed by atoms with Gasteiger partial charge in [-0.25, -0.2) is 4.39 Å². The van der Waals surface area contributed by atoms with E-state index in [4.69, 9.17) is 0 Å². The van der Waals surface area contributed by atoms with E-state index >= 15 is 0 Å². The molecule has 0 bridgehead atoms. The molecule has 1 aliphatic heterocycles. The fourth-order valence-corrected chi connectivity index (χ4v) is 2.73. The van der Waals surface area contributed by atoms with E-state index in [0.717, 1.165) is 24.9 Å². The van der Waals surface area contributed by atoms with Crippen LogP contribution in [0.15, 0.2) is 48.5 Å². The topological polar surface area (TPSA) is 70.2 Å². The van der Waals surface area contributed by atoms with Crippen molar-refractivity contribution in [1.29, 1.82) is 0 Å². The number of rotatable bonds is 5. The molecule has 2 amide bonds. The third kappa shape index (κ3) is 4.64. The summed E-state index contributed by atoms with van der Waals surface area (Å²) in [5, 5.41) is 8.77. The lowest BCUT2D eigenvalue weighted by atomic mass is 10.1. The minimum atomic E-state index is -0.305. The van der Waals surface area contributed by atoms with Crippen molar-refractivity contribution in [2.24, 2.45) is 0 Å². The van der Waals surface area contributed by atoms with Crippen molar-refractivity contribution in [2.45, 2.75) is 25.4 Å². The molecule has 1 unspecified atom stereocenters. The third-order valence-electron chi connectivity index (χ3n) is 4.16. The number of hydrogen-bond donors (Lipinski definition) is 3. The van der Waals surface area contributed by atoms with Crippen molar-refractivity contribution in [3.63, 3.8) is 0 Å². The number of anilines is 1. The van der Waals surface area contributed by atoms with E-state index in [-0.39, 0.29) is 23.7 Å². The Bertz CT molecular complexity index is 738. The second-order valence-corrected chi connectivity index (χ2v) is 6.02. The molecule has 1 fully saturated rings. The molecule has 1 aliphatic rings. The average Bonchev–Trinajstić information content (AvgIpc) is 3.16. The Labute approximate surface area is 145 Å². The standard InChI is InChI=1S/C19H20FN3O2/c20-15-7-3-13(4-8-15)12-22-18(24)14-5-9-16(10-6-14)23-19(25)17-2-1-11-21-17/h3-10,17,21H,1-2,11-12H2,(H,22,24)(H,23,25). The number of amides is 2. The Hall–Kier alpha value is -2.73. The van der Waals surface area contributed by atoms with Crippen molar-refractivity contribution in [3.05, 3.63) is 65.5 Å². The zero-order chi connectivity index (χ0) is 17.6. The maximum absolute atomic E-state index is 12.9. The number of halogens is 1. The van der Waals surface area contributed by atoms with Crippen LogP contribution in [0.2, 0.25) is 0 Å². The van der Waals surface area contributed by atoms with E-state index in [1.54, 1.807) is 36.4 Å². The molecule has 0 radical (unpaired) electrons. The molecule has 0 spiro atoms. The zero-order valence-corrected chi connectivity index (χ0v) is 13.7. The van der Waals surface area contributed by atoms with E-state index in [2.05, 4.69) is 16.0 Å². The summed E-state index contributed by atoms with van der Waals surface area (Å²) in [6.07, 6.45) is 1.85. The lowest BCUT2D eigenvalue weighted by molar-refractivity contribution is -0.117. The van der Waals surface area contributed by atoms with Gasteiger partial charge in [0.15, 0.2) is 0 Å². The number of nitrogens with one attached hydrogen (secondary N) is 3. The maximum atomic E-state index is 12.9. The zero-order valence-electron chi connectivity index (χ0n) is 13.7. The minimum absolute atomic E-state index is 0.0500. The van der Waals surface area contributed by atoms with Crippen LogP contribution in [0.3, 0.4) is 0 Å². The Morgan fingerprint density at radius 2 is 1.80 bits per heavy atom. The highest BCUT2D eigenvalue weighted by Gasteiger charge is 2.21. The molecule has 0 aliphatic carbocycles. The van der Waals surface area contributed by atoms with E-state index in [1.807, 2.05) is 0 Å². The SMILES string of the molecule is O=C(NCc1ccc(F)cc1)c1ccc(NC(=O)C2CCCN2)cc1. The van der Waals surface area contributed by atoms with E-state index in [1.165, 1.54) is 12.1 Å². The van der Waals surface area contributed by atoms with Gasteiger partial charge in [0.05, 0.1) is 6.04 Å². The van der Waals surface area contributed by atoms with Crippen molar-refractivity contribution in [2.75, 3.05) is 11.9 Å². The van der Waals surface area contributed by atoms with Crippen LogP contribution < -0.4 is 16.0 Å². The van der Waals surface area contributed by atoms with Crippen LogP contribution in [0.4, 0.5) is 10.1 Å². The summed E-state index contributed by atoms with van der Waals surface area (Å²) in [5.41, 5.74) is 1.98. The molecule has 25 heavy (non-hydrogen) atoms. The molecule has 1 saturated heterocycles. The Kier molecular flexibility index (Phi) is 5.40. The monoisotopic (exact) mass is 341 g/mol. The van der Waals surface area contributed by atoms with Crippen LogP contribution in [0.5, 0.6) is 0 Å². The van der Waals surface area contributed by atoms with Gasteiger partial charge in [0.1, 0.15) is 5.82 Å². The molecule has 130 valence electrons. The normalized spacial score (nSPS) is 16.4. The van der Waals surface area contributed by atoms with Gasteiger partial charge in [-0.1, -0.05) is 12.1 Å². The lowest BCUT2D eigenvalue weighted by Crippen LogP contribution is -2.35. The van der Waals surface area contributed by atoms with Crippen LogP contribution in [-0.4, -0.2) is 24.4 Å². The predicted octanol–water partition coefficient (Wildman–Crippen LogP) is 2.45. The van der Waals surface area contributed by atoms with Gasteiger partial charge in [0.2, 0.25) is 5.91 Å². The van der Waals surface area contributed by atoms with E-state index in [0.29, 0.717) is 17.8 Å². The summed E-state index contributed by atoms with van der Waals surface area (Å²) in [6.45, 7) is 1.19. The van der Waals surface area contributed by atoms with E-state index < -0.39 is 0 Å². The maximum Gasteiger partial charge on any atom is 0.251 e. The fourth-order valence-electron chi connectivity index (χ4n) is 2.73. The summed E-state index contributed by atoms with van der Waals surface area (Å²) in [4.78, 5) is 24.2. The molecule has 3 N–H and O–H groups in total. The summed E-state index contributed by atoms with van der Waals surface area (Å²) in [6, 6.07) is 12.6. The first kappa shape index (κ1) is 17.1. The van der Waals surface area contributed by atoms with Gasteiger partial charge < -0.3 is 16.0 Å². The summed E-state index contributed by atoms with van der Waals surface area (Å²) in [5.74, 6) is -0.578. The molecule has 2 aromatic carbocycles. The summed E-state index contributed by atoms with van der Waals surface area (Å²) in [7, 11) is 0. The molecule has 5 nitrogen and oxygen atoms in total. The van der Waals surface area contributed by atoms with Crippen molar-refractivity contribution in [1.82, 2.24) is 10.6 Å². The molecular weight excluding hydrogens is 321 g/mol. The number of carbonyl (C=O) groups excluding carboxylic acids is 2. The molecule has 3 rings (SSSR count). The van der Waals surface area contributed by atoms with Crippen LogP contribution in [-0.2, 0) is 11.3 Å². The number of benzene rings is 2. The Balaban J connectivity index is 1.53. The first-order valence-corrected chi connectivity index (χ1v) is 8.29. The first-order valence-electron chi connectivity index (χ1n) is 8.29. The minimum Gasteiger partial charge on any atom is -0.348 e. The molecule has 6 heteroatoms. The van der Waals surface area contributed by atoms with Crippen LogP contribution in [0, 0.1) is 5.82 Å². The second-order valence-electron chi connectivity index (χ2n) is 6.02. The number of hydrogen-bond acceptors (Lipinski definition) is 3. The second kappa shape index (κ2) is 7.90. The average molecular weight is 341 g/mol. The number of carbonyl (C=O) groups is 2. The largest absolute Gasteiger partial charge is 0.348 e. The molecule has 0 aromatic heterocycles. The van der Waals surface area contributed by atoms with Crippen molar-refractivity contribution in [3.8, 4) is 0 Å². The Morgan fingerprint density at radius 1 is 1.08 bits per heavy atom. The molecule has 2 aromatic rings. The fraction of sp³-hybridized carbons (Fsp3) is 0.263. The van der Waals surface area contributed by atoms with Gasteiger partial charge in [0.25, 0.3) is 5.91 Å². The lowest BCUT2D eigenvalue weighted by Gasteiger charge is -2.11. The molecule has 0 saturated carbocycles. The van der Waals surface area contributed by atoms with Gasteiger partial charge in [-0.2, -0.15) is 0 Å². The van der Waals surface area contributed by atoms with Gasteiger partial charge >= 0.3 is 0 Å². The van der Waals surface area contributed by atoms with Crippen LogP contribution in [0.25, 0.3) is 0 Å². The van der Waals surface area contributed by atoms with Crippen LogP contribution in [0.1, 0.15) is 28.8 Å². The smallest absolute Gasteiger partial charge is 0.251 e. The Morgan fingerprint density at radius 3 is 2.44 bits per heavy atom. The predicted molar refractivity (Wildman–Crippen MR) is 93.7 cm³/mol. The third-order valence-corrected chi connectivity index (χ3v) is 4.16.